The molecule has 1 heterocycles. The van der Waals surface area contributed by atoms with Gasteiger partial charge < -0.3 is 15.6 Å². The molecule has 108 valence electrons. The van der Waals surface area contributed by atoms with Gasteiger partial charge in [-0.2, -0.15) is 0 Å². The first-order chi connectivity index (χ1) is 9.65. The fourth-order valence-electron chi connectivity index (χ4n) is 3.37. The number of carbonyl (C=O) groups excluding carboxylic acids is 1. The number of primary amides is 1. The molecule has 5 heteroatoms. The molecule has 3 rings (SSSR count). The van der Waals surface area contributed by atoms with Crippen LogP contribution < -0.4 is 10.5 Å². The molecule has 2 aliphatic rings. The lowest BCUT2D eigenvalue weighted by atomic mass is 10.0. The average molecular weight is 276 g/mol. The molecule has 1 unspecified atom stereocenters. The number of phenols is 1. The highest BCUT2D eigenvalue weighted by molar-refractivity contribution is 5.76. The monoisotopic (exact) mass is 276 g/mol. The SMILES string of the molecule is NC(=O)CN(C1CCCC1)C1COc2cc(O)ccc21. The summed E-state index contributed by atoms with van der Waals surface area (Å²) in [6.45, 7) is 0.779. The number of hydrogen-bond acceptors (Lipinski definition) is 4. The minimum Gasteiger partial charge on any atom is -0.508 e. The molecule has 1 saturated carbocycles. The zero-order valence-electron chi connectivity index (χ0n) is 11.4. The lowest BCUT2D eigenvalue weighted by molar-refractivity contribution is -0.120. The van der Waals surface area contributed by atoms with Crippen LogP contribution in [0.25, 0.3) is 0 Å². The Morgan fingerprint density at radius 1 is 1.40 bits per heavy atom. The van der Waals surface area contributed by atoms with Gasteiger partial charge >= 0.3 is 0 Å². The number of rotatable bonds is 4. The van der Waals surface area contributed by atoms with E-state index in [2.05, 4.69) is 4.90 Å². The number of carbonyl (C=O) groups is 1. The summed E-state index contributed by atoms with van der Waals surface area (Å²) in [5.41, 5.74) is 6.45. The van der Waals surface area contributed by atoms with Crippen molar-refractivity contribution in [3.05, 3.63) is 23.8 Å². The van der Waals surface area contributed by atoms with E-state index >= 15 is 0 Å². The van der Waals surface area contributed by atoms with E-state index in [4.69, 9.17) is 10.5 Å². The van der Waals surface area contributed by atoms with Gasteiger partial charge in [0.25, 0.3) is 0 Å². The maximum absolute atomic E-state index is 11.4. The molecule has 1 fully saturated rings. The largest absolute Gasteiger partial charge is 0.508 e. The predicted octanol–water partition coefficient (Wildman–Crippen LogP) is 1.56. The molecule has 5 nitrogen and oxygen atoms in total. The topological polar surface area (TPSA) is 75.8 Å². The van der Waals surface area contributed by atoms with Gasteiger partial charge in [0, 0.05) is 17.7 Å². The number of fused-ring (bicyclic) bond motifs is 1. The minimum absolute atomic E-state index is 0.0567. The molecule has 0 spiro atoms. The third-order valence-corrected chi connectivity index (χ3v) is 4.29. The molecular formula is C15H20N2O3. The van der Waals surface area contributed by atoms with Crippen molar-refractivity contribution in [1.82, 2.24) is 4.90 Å². The van der Waals surface area contributed by atoms with Crippen molar-refractivity contribution in [1.29, 1.82) is 0 Å². The van der Waals surface area contributed by atoms with Gasteiger partial charge in [0.1, 0.15) is 18.1 Å². The van der Waals surface area contributed by atoms with Crippen LogP contribution in [-0.2, 0) is 4.79 Å². The third kappa shape index (κ3) is 2.45. The Kier molecular flexibility index (Phi) is 3.53. The van der Waals surface area contributed by atoms with Crippen LogP contribution in [0.4, 0.5) is 0 Å². The van der Waals surface area contributed by atoms with E-state index in [0.717, 1.165) is 18.4 Å². The van der Waals surface area contributed by atoms with E-state index in [1.807, 2.05) is 6.07 Å². The van der Waals surface area contributed by atoms with Crippen molar-refractivity contribution >= 4 is 5.91 Å². The van der Waals surface area contributed by atoms with E-state index in [1.165, 1.54) is 12.8 Å². The second-order valence-corrected chi connectivity index (χ2v) is 5.63. The summed E-state index contributed by atoms with van der Waals surface area (Å²) in [4.78, 5) is 13.6. The zero-order chi connectivity index (χ0) is 14.1. The Morgan fingerprint density at radius 3 is 2.85 bits per heavy atom. The van der Waals surface area contributed by atoms with E-state index in [0.29, 0.717) is 18.4 Å². The van der Waals surface area contributed by atoms with Gasteiger partial charge in [0.2, 0.25) is 5.91 Å². The van der Waals surface area contributed by atoms with Gasteiger partial charge in [0.15, 0.2) is 0 Å². The van der Waals surface area contributed by atoms with Crippen LogP contribution in [0, 0.1) is 0 Å². The quantitative estimate of drug-likeness (QED) is 0.875. The Morgan fingerprint density at radius 2 is 2.15 bits per heavy atom. The summed E-state index contributed by atoms with van der Waals surface area (Å²) in [7, 11) is 0. The fraction of sp³-hybridized carbons (Fsp3) is 0.533. The van der Waals surface area contributed by atoms with E-state index in [-0.39, 0.29) is 24.2 Å². The maximum atomic E-state index is 11.4. The second-order valence-electron chi connectivity index (χ2n) is 5.63. The minimum atomic E-state index is -0.302. The predicted molar refractivity (Wildman–Crippen MR) is 74.5 cm³/mol. The lowest BCUT2D eigenvalue weighted by Crippen LogP contribution is -2.43. The molecule has 0 saturated heterocycles. The summed E-state index contributed by atoms with van der Waals surface area (Å²) in [5, 5.41) is 9.51. The van der Waals surface area contributed by atoms with Crippen molar-refractivity contribution < 1.29 is 14.6 Å². The van der Waals surface area contributed by atoms with E-state index < -0.39 is 0 Å². The third-order valence-electron chi connectivity index (χ3n) is 4.29. The van der Waals surface area contributed by atoms with Crippen LogP contribution in [0.3, 0.4) is 0 Å². The molecule has 1 amide bonds. The van der Waals surface area contributed by atoms with E-state index in [1.54, 1.807) is 12.1 Å². The molecule has 20 heavy (non-hydrogen) atoms. The number of hydrogen-bond donors (Lipinski definition) is 2. The Labute approximate surface area is 118 Å². The number of benzene rings is 1. The first-order valence-corrected chi connectivity index (χ1v) is 7.15. The molecule has 0 bridgehead atoms. The molecular weight excluding hydrogens is 256 g/mol. The van der Waals surface area contributed by atoms with Crippen LogP contribution in [0.2, 0.25) is 0 Å². The number of amides is 1. The van der Waals surface area contributed by atoms with E-state index in [9.17, 15) is 9.90 Å². The van der Waals surface area contributed by atoms with Gasteiger partial charge in [0.05, 0.1) is 12.6 Å². The smallest absolute Gasteiger partial charge is 0.231 e. The number of nitrogens with zero attached hydrogens (tertiary/aromatic N) is 1. The highest BCUT2D eigenvalue weighted by Gasteiger charge is 2.35. The van der Waals surface area contributed by atoms with Crippen LogP contribution >= 0.6 is 0 Å². The summed E-state index contributed by atoms with van der Waals surface area (Å²) in [6.07, 6.45) is 4.63. The highest BCUT2D eigenvalue weighted by Crippen LogP contribution is 2.40. The van der Waals surface area contributed by atoms with Crippen molar-refractivity contribution in [2.45, 2.75) is 37.8 Å². The Hall–Kier alpha value is -1.75. The summed E-state index contributed by atoms with van der Waals surface area (Å²) in [5.74, 6) is 0.610. The summed E-state index contributed by atoms with van der Waals surface area (Å²) >= 11 is 0. The molecule has 1 atom stereocenters. The van der Waals surface area contributed by atoms with Crippen LogP contribution in [0.1, 0.15) is 37.3 Å². The molecule has 1 aromatic carbocycles. The molecule has 1 aliphatic heterocycles. The zero-order valence-corrected chi connectivity index (χ0v) is 11.4. The molecule has 1 aliphatic carbocycles. The Bertz CT molecular complexity index is 512. The number of nitrogens with two attached hydrogens (primary N) is 1. The Balaban J connectivity index is 1.87. The van der Waals surface area contributed by atoms with Gasteiger partial charge in [-0.1, -0.05) is 12.8 Å². The number of ether oxygens (including phenoxy) is 1. The summed E-state index contributed by atoms with van der Waals surface area (Å²) < 4.78 is 5.66. The first-order valence-electron chi connectivity index (χ1n) is 7.15. The van der Waals surface area contributed by atoms with Crippen molar-refractivity contribution in [3.8, 4) is 11.5 Å². The molecule has 1 aromatic rings. The number of aromatic hydroxyl groups is 1. The number of phenolic OH excluding ortho intramolecular Hbond substituents is 1. The van der Waals surface area contributed by atoms with Gasteiger partial charge in [-0.05, 0) is 25.0 Å². The highest BCUT2D eigenvalue weighted by atomic mass is 16.5. The average Bonchev–Trinajstić information content (AvgIpc) is 3.04. The fourth-order valence-corrected chi connectivity index (χ4v) is 3.37. The lowest BCUT2D eigenvalue weighted by Gasteiger charge is -2.32. The van der Waals surface area contributed by atoms with Crippen molar-refractivity contribution in [2.24, 2.45) is 5.73 Å². The van der Waals surface area contributed by atoms with Crippen molar-refractivity contribution in [2.75, 3.05) is 13.2 Å². The van der Waals surface area contributed by atoms with Gasteiger partial charge in [-0.3, -0.25) is 9.69 Å². The standard InChI is InChI=1S/C15H20N2O3/c16-15(19)8-17(10-3-1-2-4-10)13-9-20-14-7-11(18)5-6-12(13)14/h5-7,10,13,18H,1-4,8-9H2,(H2,16,19). The van der Waals surface area contributed by atoms with Gasteiger partial charge in [-0.15, -0.1) is 0 Å². The van der Waals surface area contributed by atoms with Crippen LogP contribution in [-0.4, -0.2) is 35.1 Å². The molecule has 0 aromatic heterocycles. The van der Waals surface area contributed by atoms with Gasteiger partial charge in [-0.25, -0.2) is 0 Å². The van der Waals surface area contributed by atoms with Crippen LogP contribution in [0.15, 0.2) is 18.2 Å². The first kappa shape index (κ1) is 13.2. The maximum Gasteiger partial charge on any atom is 0.231 e. The second kappa shape index (κ2) is 5.32. The summed E-state index contributed by atoms with van der Waals surface area (Å²) in [6, 6.07) is 5.63. The molecule has 3 N–H and O–H groups in total. The normalized spacial score (nSPS) is 21.9. The van der Waals surface area contributed by atoms with Crippen molar-refractivity contribution in [3.63, 3.8) is 0 Å². The van der Waals surface area contributed by atoms with Crippen LogP contribution in [0.5, 0.6) is 11.5 Å². The molecule has 0 radical (unpaired) electrons.